The zero-order chi connectivity index (χ0) is 20.2. The predicted octanol–water partition coefficient (Wildman–Crippen LogP) is 6.15. The molecular weight excluding hydrogens is 377 g/mol. The second kappa shape index (κ2) is 6.49. The number of benzene rings is 4. The molecule has 0 unspecified atom stereocenters. The van der Waals surface area contributed by atoms with Crippen LogP contribution in [0, 0.1) is 0 Å². The molecule has 0 aliphatic heterocycles. The summed E-state index contributed by atoms with van der Waals surface area (Å²) >= 11 is 0. The largest absolute Gasteiger partial charge is 0.573 e. The fourth-order valence-corrected chi connectivity index (χ4v) is 4.43. The molecule has 0 spiro atoms. The Morgan fingerprint density at radius 3 is 2.28 bits per heavy atom. The van der Waals surface area contributed by atoms with Gasteiger partial charge in [-0.25, -0.2) is 0 Å². The van der Waals surface area contributed by atoms with Crippen LogP contribution in [0.15, 0.2) is 60.7 Å². The van der Waals surface area contributed by atoms with Crippen molar-refractivity contribution in [3.63, 3.8) is 0 Å². The Bertz CT molecular complexity index is 1240. The molecule has 0 heterocycles. The molecule has 0 atom stereocenters. The minimum absolute atomic E-state index is 0.0141. The van der Waals surface area contributed by atoms with Gasteiger partial charge < -0.3 is 9.84 Å². The van der Waals surface area contributed by atoms with Crippen molar-refractivity contribution in [2.24, 2.45) is 0 Å². The molecule has 0 saturated heterocycles. The van der Waals surface area contributed by atoms with E-state index in [1.807, 2.05) is 12.1 Å². The van der Waals surface area contributed by atoms with Crippen LogP contribution in [0.4, 0.5) is 13.2 Å². The molecule has 29 heavy (non-hydrogen) atoms. The third-order valence-corrected chi connectivity index (χ3v) is 5.57. The number of aryl methyl sites for hydroxylation is 2. The summed E-state index contributed by atoms with van der Waals surface area (Å²) in [6.45, 7) is 0.0141. The van der Waals surface area contributed by atoms with Gasteiger partial charge in [-0.15, -0.1) is 13.2 Å². The van der Waals surface area contributed by atoms with Crippen molar-refractivity contribution in [3.8, 4) is 16.9 Å². The van der Waals surface area contributed by atoms with E-state index in [1.165, 1.54) is 34.0 Å². The summed E-state index contributed by atoms with van der Waals surface area (Å²) in [4.78, 5) is 0. The predicted molar refractivity (Wildman–Crippen MR) is 107 cm³/mol. The van der Waals surface area contributed by atoms with Gasteiger partial charge in [-0.1, -0.05) is 42.5 Å². The highest BCUT2D eigenvalue weighted by Crippen LogP contribution is 2.41. The number of halogens is 3. The number of aliphatic hydroxyl groups excluding tert-OH is 1. The van der Waals surface area contributed by atoms with Gasteiger partial charge in [0.05, 0.1) is 6.61 Å². The Labute approximate surface area is 165 Å². The van der Waals surface area contributed by atoms with Crippen molar-refractivity contribution in [3.05, 3.63) is 77.4 Å². The van der Waals surface area contributed by atoms with Crippen LogP contribution in [0.1, 0.15) is 16.7 Å². The lowest BCUT2D eigenvalue weighted by molar-refractivity contribution is -0.274. The molecule has 1 aliphatic rings. The zero-order valence-corrected chi connectivity index (χ0v) is 15.4. The number of hydrogen-bond donors (Lipinski definition) is 1. The molecule has 1 aliphatic carbocycles. The number of hydrogen-bond acceptors (Lipinski definition) is 2. The van der Waals surface area contributed by atoms with E-state index in [9.17, 15) is 18.3 Å². The smallest absolute Gasteiger partial charge is 0.406 e. The first kappa shape index (κ1) is 18.0. The Morgan fingerprint density at radius 1 is 0.828 bits per heavy atom. The third kappa shape index (κ3) is 3.12. The quantitative estimate of drug-likeness (QED) is 0.422. The van der Waals surface area contributed by atoms with Crippen LogP contribution in [-0.4, -0.2) is 11.5 Å². The summed E-state index contributed by atoms with van der Waals surface area (Å²) in [5.74, 6) is -0.222. The lowest BCUT2D eigenvalue weighted by Gasteiger charge is -2.22. The molecule has 0 amide bonds. The number of ether oxygens (including phenoxy) is 1. The highest BCUT2D eigenvalue weighted by Gasteiger charge is 2.31. The van der Waals surface area contributed by atoms with E-state index in [1.54, 1.807) is 12.1 Å². The monoisotopic (exact) mass is 394 g/mol. The van der Waals surface area contributed by atoms with Crippen LogP contribution in [0.2, 0.25) is 0 Å². The molecule has 1 N–H and O–H groups in total. The molecule has 0 aromatic heterocycles. The van der Waals surface area contributed by atoms with Crippen LogP contribution in [0.25, 0.3) is 32.7 Å². The molecule has 4 aromatic carbocycles. The fourth-order valence-electron chi connectivity index (χ4n) is 4.43. The number of aliphatic hydroxyl groups is 1. The maximum absolute atomic E-state index is 12.4. The maximum atomic E-state index is 12.4. The van der Waals surface area contributed by atoms with E-state index in [0.717, 1.165) is 40.3 Å². The SMILES string of the molecule is OCc1cc2c3c(ccc4ccc(-c5ccc(OC(F)(F)F)cc5)c(c43)CC2)c1. The minimum Gasteiger partial charge on any atom is -0.406 e. The molecular formula is C24H17F3O2. The Kier molecular flexibility index (Phi) is 4.03. The van der Waals surface area contributed by atoms with Gasteiger partial charge in [0, 0.05) is 0 Å². The minimum atomic E-state index is -4.70. The standard InChI is InChI=1S/C24H17F3O2/c25-24(26,27)29-19-7-3-15(4-8-19)20-9-5-16-1-2-17-11-14(13-28)12-18-6-10-21(20)23(16)22(17)18/h1-5,7-9,11-12,28H,6,10,13H2. The number of rotatable bonds is 3. The lowest BCUT2D eigenvalue weighted by atomic mass is 9.82. The van der Waals surface area contributed by atoms with Crippen LogP contribution < -0.4 is 4.74 Å². The van der Waals surface area contributed by atoms with Gasteiger partial charge in [0.25, 0.3) is 0 Å². The molecule has 2 nitrogen and oxygen atoms in total. The van der Waals surface area contributed by atoms with Crippen molar-refractivity contribution in [1.82, 2.24) is 0 Å². The topological polar surface area (TPSA) is 29.5 Å². The average molecular weight is 394 g/mol. The summed E-state index contributed by atoms with van der Waals surface area (Å²) in [6, 6.07) is 18.4. The molecule has 0 bridgehead atoms. The van der Waals surface area contributed by atoms with E-state index >= 15 is 0 Å². The van der Waals surface area contributed by atoms with E-state index in [0.29, 0.717) is 0 Å². The van der Waals surface area contributed by atoms with Gasteiger partial charge in [0.2, 0.25) is 0 Å². The van der Waals surface area contributed by atoms with E-state index in [4.69, 9.17) is 0 Å². The first-order valence-electron chi connectivity index (χ1n) is 9.40. The van der Waals surface area contributed by atoms with Gasteiger partial charge in [0.1, 0.15) is 5.75 Å². The van der Waals surface area contributed by atoms with Gasteiger partial charge >= 0.3 is 6.36 Å². The van der Waals surface area contributed by atoms with Crippen molar-refractivity contribution in [1.29, 1.82) is 0 Å². The van der Waals surface area contributed by atoms with Gasteiger partial charge in [-0.05, 0) is 80.4 Å². The van der Waals surface area contributed by atoms with Crippen molar-refractivity contribution in [2.45, 2.75) is 25.8 Å². The van der Waals surface area contributed by atoms with E-state index in [2.05, 4.69) is 29.0 Å². The van der Waals surface area contributed by atoms with E-state index < -0.39 is 6.36 Å². The molecule has 0 radical (unpaired) electrons. The summed E-state index contributed by atoms with van der Waals surface area (Å²) in [6.07, 6.45) is -2.99. The molecule has 4 aromatic rings. The Morgan fingerprint density at radius 2 is 1.55 bits per heavy atom. The first-order valence-corrected chi connectivity index (χ1v) is 9.40. The van der Waals surface area contributed by atoms with E-state index in [-0.39, 0.29) is 12.4 Å². The van der Waals surface area contributed by atoms with Crippen LogP contribution in [0.3, 0.4) is 0 Å². The highest BCUT2D eigenvalue weighted by molar-refractivity contribution is 6.13. The summed E-state index contributed by atoms with van der Waals surface area (Å²) in [7, 11) is 0. The third-order valence-electron chi connectivity index (χ3n) is 5.57. The van der Waals surface area contributed by atoms with Crippen LogP contribution in [-0.2, 0) is 19.4 Å². The van der Waals surface area contributed by atoms with Crippen molar-refractivity contribution >= 4 is 21.5 Å². The van der Waals surface area contributed by atoms with Crippen LogP contribution >= 0.6 is 0 Å². The summed E-state index contributed by atoms with van der Waals surface area (Å²) < 4.78 is 41.3. The molecule has 5 rings (SSSR count). The average Bonchev–Trinajstić information content (AvgIpc) is 2.71. The van der Waals surface area contributed by atoms with Gasteiger partial charge in [-0.3, -0.25) is 0 Å². The maximum Gasteiger partial charge on any atom is 0.573 e. The van der Waals surface area contributed by atoms with Gasteiger partial charge in [0.15, 0.2) is 0 Å². The highest BCUT2D eigenvalue weighted by atomic mass is 19.4. The first-order chi connectivity index (χ1) is 13.9. The molecule has 146 valence electrons. The fraction of sp³-hybridized carbons (Fsp3) is 0.167. The zero-order valence-electron chi connectivity index (χ0n) is 15.4. The van der Waals surface area contributed by atoms with Crippen molar-refractivity contribution in [2.75, 3.05) is 0 Å². The van der Waals surface area contributed by atoms with Crippen molar-refractivity contribution < 1.29 is 23.0 Å². The van der Waals surface area contributed by atoms with Gasteiger partial charge in [-0.2, -0.15) is 0 Å². The normalized spacial score (nSPS) is 13.4. The molecule has 5 heteroatoms. The summed E-state index contributed by atoms with van der Waals surface area (Å²) in [5, 5.41) is 14.2. The second-order valence-electron chi connectivity index (χ2n) is 7.34. The Hall–Kier alpha value is -3.05. The van der Waals surface area contributed by atoms with Crippen LogP contribution in [0.5, 0.6) is 5.75 Å². The number of alkyl halides is 3. The Balaban J connectivity index is 1.68. The second-order valence-corrected chi connectivity index (χ2v) is 7.34. The molecule has 0 fully saturated rings. The molecule has 0 saturated carbocycles. The summed E-state index contributed by atoms with van der Waals surface area (Å²) in [5.41, 5.74) is 5.24. The lowest BCUT2D eigenvalue weighted by Crippen LogP contribution is -2.16.